The van der Waals surface area contributed by atoms with Gasteiger partial charge in [-0.05, 0) is 64.2 Å². The Balaban J connectivity index is 1.28. The van der Waals surface area contributed by atoms with Gasteiger partial charge in [0.1, 0.15) is 0 Å². The molecule has 59 heavy (non-hydrogen) atoms. The Bertz CT molecular complexity index is 3070. The first-order valence-corrected chi connectivity index (χ1v) is 20.2. The number of anilines is 3. The van der Waals surface area contributed by atoms with Gasteiger partial charge >= 0.3 is 0 Å². The Morgan fingerprint density at radius 1 is 0.407 bits per heavy atom. The Morgan fingerprint density at radius 3 is 1.37 bits per heavy atom. The average molecular weight is 753 g/mol. The minimum atomic E-state index is -0.579. The van der Waals surface area contributed by atoms with Gasteiger partial charge in [-0.3, -0.25) is 4.57 Å². The number of aromatic nitrogens is 3. The van der Waals surface area contributed by atoms with Crippen LogP contribution in [0, 0.1) is 0 Å². The third kappa shape index (κ3) is 4.84. The van der Waals surface area contributed by atoms with E-state index in [0.717, 1.165) is 56.2 Å². The first-order chi connectivity index (χ1) is 29.3. The number of fused-ring (bicyclic) bond motifs is 12. The highest BCUT2D eigenvalue weighted by Gasteiger charge is 2.54. The van der Waals surface area contributed by atoms with Crippen LogP contribution in [0.4, 0.5) is 17.1 Å². The molecule has 0 N–H and O–H groups in total. The molecule has 4 nitrogen and oxygen atoms in total. The molecule has 0 saturated carbocycles. The molecule has 0 aliphatic heterocycles. The molecule has 276 valence electrons. The second-order valence-electron chi connectivity index (χ2n) is 15.3. The van der Waals surface area contributed by atoms with Crippen LogP contribution < -0.4 is 4.90 Å². The van der Waals surface area contributed by atoms with Crippen molar-refractivity contribution in [3.05, 3.63) is 241 Å². The predicted octanol–water partition coefficient (Wildman–Crippen LogP) is 13.6. The zero-order chi connectivity index (χ0) is 38.9. The maximum atomic E-state index is 5.56. The molecule has 0 radical (unpaired) electrons. The van der Waals surface area contributed by atoms with Crippen LogP contribution in [-0.4, -0.2) is 14.5 Å². The third-order valence-electron chi connectivity index (χ3n) is 12.2. The van der Waals surface area contributed by atoms with Crippen LogP contribution in [0.3, 0.4) is 0 Å². The second-order valence-corrected chi connectivity index (χ2v) is 15.3. The Kier molecular flexibility index (Phi) is 7.41. The molecule has 0 saturated heterocycles. The van der Waals surface area contributed by atoms with Gasteiger partial charge in [0, 0.05) is 39.0 Å². The summed E-state index contributed by atoms with van der Waals surface area (Å²) in [5, 5.41) is 1.16. The topological polar surface area (TPSA) is 34.0 Å². The summed E-state index contributed by atoms with van der Waals surface area (Å²) in [6.45, 7) is 0. The zero-order valence-corrected chi connectivity index (χ0v) is 32.1. The van der Waals surface area contributed by atoms with Gasteiger partial charge in [-0.15, -0.1) is 0 Å². The summed E-state index contributed by atoms with van der Waals surface area (Å²) in [4.78, 5) is 13.5. The molecule has 2 aliphatic carbocycles. The predicted molar refractivity (Wildman–Crippen MR) is 241 cm³/mol. The summed E-state index contributed by atoms with van der Waals surface area (Å²) < 4.78 is 2.38. The van der Waals surface area contributed by atoms with Crippen LogP contribution in [0.2, 0.25) is 0 Å². The number of hydrogen-bond donors (Lipinski definition) is 0. The van der Waals surface area contributed by atoms with Gasteiger partial charge in [0.2, 0.25) is 5.95 Å². The molecule has 0 fully saturated rings. The van der Waals surface area contributed by atoms with Crippen LogP contribution in [0.15, 0.2) is 218 Å². The first kappa shape index (κ1) is 33.3. The van der Waals surface area contributed by atoms with E-state index in [-0.39, 0.29) is 0 Å². The van der Waals surface area contributed by atoms with Crippen LogP contribution in [0.1, 0.15) is 22.3 Å². The highest BCUT2D eigenvalue weighted by atomic mass is 15.2. The second kappa shape index (κ2) is 13.1. The Labute approximate surface area is 343 Å². The molecular weight excluding hydrogens is 717 g/mol. The zero-order valence-electron chi connectivity index (χ0n) is 32.1. The highest BCUT2D eigenvalue weighted by Crippen LogP contribution is 2.65. The van der Waals surface area contributed by atoms with Gasteiger partial charge in [0.05, 0.1) is 33.7 Å². The van der Waals surface area contributed by atoms with Crippen molar-refractivity contribution in [1.29, 1.82) is 0 Å². The van der Waals surface area contributed by atoms with E-state index in [0.29, 0.717) is 5.95 Å². The monoisotopic (exact) mass is 752 g/mol. The van der Waals surface area contributed by atoms with Crippen molar-refractivity contribution in [3.8, 4) is 50.8 Å². The molecule has 0 unspecified atom stereocenters. The molecule has 12 rings (SSSR count). The van der Waals surface area contributed by atoms with Crippen LogP contribution in [0.5, 0.6) is 0 Å². The van der Waals surface area contributed by atoms with E-state index in [4.69, 9.17) is 9.97 Å². The van der Waals surface area contributed by atoms with Gasteiger partial charge in [-0.25, -0.2) is 9.97 Å². The van der Waals surface area contributed by atoms with Crippen molar-refractivity contribution in [2.75, 3.05) is 4.90 Å². The molecule has 2 aliphatic rings. The maximum Gasteiger partial charge on any atom is 0.235 e. The van der Waals surface area contributed by atoms with Crippen LogP contribution in [0.25, 0.3) is 61.8 Å². The van der Waals surface area contributed by atoms with Crippen LogP contribution in [-0.2, 0) is 5.41 Å². The molecule has 1 spiro atoms. The summed E-state index contributed by atoms with van der Waals surface area (Å²) in [6.07, 6.45) is 0. The van der Waals surface area contributed by atoms with E-state index >= 15 is 0 Å². The SMILES string of the molecule is c1ccc(-c2cc(-c3ccccc3)nc(-n3c4c(c5cccc(N(c6ccccc6)c6ccccc6)c53)C3(c5ccccc5-c5ccccc53)c3ccccc3-4)n2)cc1. The van der Waals surface area contributed by atoms with E-state index in [2.05, 4.69) is 228 Å². The van der Waals surface area contributed by atoms with Crippen molar-refractivity contribution in [2.24, 2.45) is 0 Å². The molecule has 2 heterocycles. The highest BCUT2D eigenvalue weighted by molar-refractivity contribution is 6.09. The van der Waals surface area contributed by atoms with Gasteiger partial charge in [-0.2, -0.15) is 0 Å². The number of para-hydroxylation sites is 3. The van der Waals surface area contributed by atoms with Gasteiger partial charge in [0.25, 0.3) is 0 Å². The first-order valence-electron chi connectivity index (χ1n) is 20.2. The summed E-state index contributed by atoms with van der Waals surface area (Å²) >= 11 is 0. The minimum Gasteiger partial charge on any atom is -0.308 e. The molecule has 2 aromatic heterocycles. The number of benzene rings is 8. The van der Waals surface area contributed by atoms with Gasteiger partial charge in [0.15, 0.2) is 0 Å². The minimum absolute atomic E-state index is 0.579. The lowest BCUT2D eigenvalue weighted by Gasteiger charge is -2.31. The molecular formula is C55H36N4. The molecule has 8 aromatic carbocycles. The fraction of sp³-hybridized carbons (Fsp3) is 0.0182. The van der Waals surface area contributed by atoms with Crippen molar-refractivity contribution in [3.63, 3.8) is 0 Å². The fourth-order valence-corrected chi connectivity index (χ4v) is 9.91. The molecule has 0 amide bonds. The normalized spacial score (nSPS) is 12.9. The van der Waals surface area contributed by atoms with E-state index < -0.39 is 5.41 Å². The van der Waals surface area contributed by atoms with Gasteiger partial charge in [-0.1, -0.05) is 182 Å². The largest absolute Gasteiger partial charge is 0.308 e. The van der Waals surface area contributed by atoms with Crippen molar-refractivity contribution in [1.82, 2.24) is 14.5 Å². The smallest absolute Gasteiger partial charge is 0.235 e. The molecule has 10 aromatic rings. The van der Waals surface area contributed by atoms with Crippen molar-refractivity contribution in [2.45, 2.75) is 5.41 Å². The summed E-state index contributed by atoms with van der Waals surface area (Å²) in [7, 11) is 0. The van der Waals surface area contributed by atoms with Crippen LogP contribution >= 0.6 is 0 Å². The molecule has 0 bridgehead atoms. The lowest BCUT2D eigenvalue weighted by Crippen LogP contribution is -2.25. The van der Waals surface area contributed by atoms with Gasteiger partial charge < -0.3 is 4.90 Å². The average Bonchev–Trinajstić information content (AvgIpc) is 3.93. The maximum absolute atomic E-state index is 5.56. The van der Waals surface area contributed by atoms with E-state index in [1.54, 1.807) is 0 Å². The summed E-state index contributed by atoms with van der Waals surface area (Å²) in [6, 6.07) is 78.2. The Hall–Kier alpha value is -7.82. The summed E-state index contributed by atoms with van der Waals surface area (Å²) in [5.74, 6) is 0.622. The lowest BCUT2D eigenvalue weighted by molar-refractivity contribution is 0.800. The lowest BCUT2D eigenvalue weighted by atomic mass is 9.70. The molecule has 4 heteroatoms. The fourth-order valence-electron chi connectivity index (χ4n) is 9.91. The number of nitrogens with zero attached hydrogens (tertiary/aromatic N) is 4. The summed E-state index contributed by atoms with van der Waals surface area (Å²) in [5.41, 5.74) is 17.4. The van der Waals surface area contributed by atoms with E-state index in [1.807, 2.05) is 0 Å². The molecule has 0 atom stereocenters. The van der Waals surface area contributed by atoms with Crippen molar-refractivity contribution < 1.29 is 0 Å². The third-order valence-corrected chi connectivity index (χ3v) is 12.2. The quantitative estimate of drug-likeness (QED) is 0.170. The standard InChI is InChI=1S/C55H36N4/c1-5-20-37(21-6-1)48-36-49(38-22-7-2-8-23-38)57-54(56-48)59-52-44(31-19-35-50(52)58(39-24-9-3-10-25-39)40-26-11-4-12-27-40)51-53(59)43-30-15-18-34-47(43)55(51)45-32-16-13-28-41(45)42-29-14-17-33-46(42)55/h1-36H. The van der Waals surface area contributed by atoms with E-state index in [1.165, 1.54) is 38.9 Å². The van der Waals surface area contributed by atoms with Crippen molar-refractivity contribution >= 4 is 28.0 Å². The number of rotatable bonds is 6. The Morgan fingerprint density at radius 2 is 0.847 bits per heavy atom. The van der Waals surface area contributed by atoms with E-state index in [9.17, 15) is 0 Å². The number of hydrogen-bond acceptors (Lipinski definition) is 3.